The molecule has 1 atom stereocenters. The Morgan fingerprint density at radius 3 is 2.35 bits per heavy atom. The molecule has 1 fully saturated rings. The molecule has 0 saturated carbocycles. The zero-order chi connectivity index (χ0) is 19.5. The number of aromatic nitrogens is 1. The lowest BCUT2D eigenvalue weighted by atomic mass is 10.0. The fourth-order valence-electron chi connectivity index (χ4n) is 3.13. The van der Waals surface area contributed by atoms with Gasteiger partial charge in [-0.3, -0.25) is 9.59 Å². The molecule has 0 amide bonds. The molecular weight excluding hydrogens is 362 g/mol. The summed E-state index contributed by atoms with van der Waals surface area (Å²) in [5.74, 6) is -1.97. The van der Waals surface area contributed by atoms with Crippen molar-refractivity contribution in [3.63, 3.8) is 0 Å². The van der Waals surface area contributed by atoms with E-state index >= 15 is 0 Å². The van der Waals surface area contributed by atoms with E-state index in [1.54, 1.807) is 20.8 Å². The van der Waals surface area contributed by atoms with Crippen LogP contribution in [0.15, 0.2) is 0 Å². The number of Topliss-reactive ketones (excluding diaryl/α,β-unsaturated/α-hetero) is 1. The van der Waals surface area contributed by atoms with Gasteiger partial charge in [0.1, 0.15) is 0 Å². The van der Waals surface area contributed by atoms with Gasteiger partial charge < -0.3 is 14.5 Å². The first-order valence-electron chi connectivity index (χ1n) is 8.40. The van der Waals surface area contributed by atoms with Crippen molar-refractivity contribution in [2.75, 3.05) is 24.7 Å². The average molecular weight is 385 g/mol. The highest BCUT2D eigenvalue weighted by molar-refractivity contribution is 7.91. The van der Waals surface area contributed by atoms with Gasteiger partial charge in [0.15, 0.2) is 16.4 Å². The zero-order valence-corrected chi connectivity index (χ0v) is 15.9. The van der Waals surface area contributed by atoms with Crippen molar-refractivity contribution in [3.05, 3.63) is 22.5 Å². The van der Waals surface area contributed by atoms with Crippen molar-refractivity contribution < 1.29 is 32.3 Å². The number of ether oxygens (including phenoxy) is 2. The monoisotopic (exact) mass is 385 g/mol. The molecule has 1 N–H and O–H groups in total. The van der Waals surface area contributed by atoms with Gasteiger partial charge in [-0.05, 0) is 33.1 Å². The summed E-state index contributed by atoms with van der Waals surface area (Å²) in [6, 6.07) is 0. The first-order chi connectivity index (χ1) is 12.1. The van der Waals surface area contributed by atoms with Crippen molar-refractivity contribution in [1.82, 2.24) is 4.98 Å². The van der Waals surface area contributed by atoms with Gasteiger partial charge in [-0.2, -0.15) is 0 Å². The van der Waals surface area contributed by atoms with Crippen molar-refractivity contribution in [3.8, 4) is 0 Å². The van der Waals surface area contributed by atoms with Crippen LogP contribution in [-0.2, 0) is 24.1 Å². The largest absolute Gasteiger partial charge is 0.462 e. The fraction of sp³-hybridized carbons (Fsp3) is 0.588. The molecule has 144 valence electrons. The van der Waals surface area contributed by atoms with Crippen LogP contribution in [0, 0.1) is 19.8 Å². The molecular formula is C17H23NO7S. The zero-order valence-electron chi connectivity index (χ0n) is 15.1. The van der Waals surface area contributed by atoms with Crippen LogP contribution in [0.1, 0.15) is 51.9 Å². The molecule has 0 aromatic carbocycles. The first-order valence-corrected chi connectivity index (χ1v) is 10.2. The maximum atomic E-state index is 12.5. The van der Waals surface area contributed by atoms with E-state index in [1.165, 1.54) is 0 Å². The summed E-state index contributed by atoms with van der Waals surface area (Å²) in [4.78, 5) is 39.3. The Kier molecular flexibility index (Phi) is 6.22. The number of H-pyrrole nitrogens is 1. The van der Waals surface area contributed by atoms with E-state index in [0.29, 0.717) is 17.8 Å². The van der Waals surface area contributed by atoms with Crippen molar-refractivity contribution in [2.45, 2.75) is 33.6 Å². The van der Waals surface area contributed by atoms with Crippen LogP contribution in [-0.4, -0.2) is 55.8 Å². The van der Waals surface area contributed by atoms with Crippen molar-refractivity contribution in [1.29, 1.82) is 0 Å². The molecule has 0 spiro atoms. The predicted molar refractivity (Wildman–Crippen MR) is 92.9 cm³/mol. The summed E-state index contributed by atoms with van der Waals surface area (Å²) in [5, 5.41) is 0. The van der Waals surface area contributed by atoms with Gasteiger partial charge in [0.2, 0.25) is 5.78 Å². The van der Waals surface area contributed by atoms with Gasteiger partial charge in [-0.25, -0.2) is 13.2 Å². The van der Waals surface area contributed by atoms with Crippen LogP contribution < -0.4 is 0 Å². The van der Waals surface area contributed by atoms with E-state index in [0.717, 1.165) is 0 Å². The summed E-state index contributed by atoms with van der Waals surface area (Å²) in [7, 11) is -3.07. The molecule has 1 aliphatic heterocycles. The Labute approximate surface area is 152 Å². The molecule has 1 aromatic rings. The second-order valence-corrected chi connectivity index (χ2v) is 8.63. The molecule has 1 saturated heterocycles. The predicted octanol–water partition coefficient (Wildman–Crippen LogP) is 1.36. The minimum atomic E-state index is -3.07. The number of ketones is 1. The number of aryl methyl sites for hydroxylation is 2. The average Bonchev–Trinajstić information content (AvgIpc) is 3.03. The van der Waals surface area contributed by atoms with Crippen molar-refractivity contribution >= 4 is 27.6 Å². The van der Waals surface area contributed by atoms with Gasteiger partial charge in [0.25, 0.3) is 0 Å². The van der Waals surface area contributed by atoms with Crippen LogP contribution in [0.3, 0.4) is 0 Å². The summed E-state index contributed by atoms with van der Waals surface area (Å²) in [6.45, 7) is 4.63. The number of sulfone groups is 1. The number of carbonyl (C=O) groups is 3. The molecule has 0 unspecified atom stereocenters. The van der Waals surface area contributed by atoms with Crippen molar-refractivity contribution in [2.24, 2.45) is 5.92 Å². The van der Waals surface area contributed by atoms with Gasteiger partial charge in [-0.1, -0.05) is 0 Å². The molecule has 26 heavy (non-hydrogen) atoms. The summed E-state index contributed by atoms with van der Waals surface area (Å²) in [5.41, 5.74) is 1.30. The molecule has 0 aliphatic carbocycles. The minimum Gasteiger partial charge on any atom is -0.462 e. The standard InChI is InChI=1S/C17H23NO7S/c1-4-24-17(21)16-11(3)18-10(2)15(16)13(19)8-25-14(20)7-12-5-6-26(22,23)9-12/h12,18H,4-9H2,1-3H3/t12-/m1/s1. The maximum Gasteiger partial charge on any atom is 0.340 e. The highest BCUT2D eigenvalue weighted by Crippen LogP contribution is 2.23. The third-order valence-corrected chi connectivity index (χ3v) is 6.12. The number of nitrogens with one attached hydrogen (secondary N) is 1. The lowest BCUT2D eigenvalue weighted by Crippen LogP contribution is -2.19. The molecule has 1 aliphatic rings. The highest BCUT2D eigenvalue weighted by atomic mass is 32.2. The normalized spacial score (nSPS) is 18.5. The number of hydrogen-bond donors (Lipinski definition) is 1. The molecule has 1 aromatic heterocycles. The maximum absolute atomic E-state index is 12.5. The quantitative estimate of drug-likeness (QED) is 0.556. The highest BCUT2D eigenvalue weighted by Gasteiger charge is 2.30. The van der Waals surface area contributed by atoms with E-state index in [4.69, 9.17) is 9.47 Å². The topological polar surface area (TPSA) is 120 Å². The van der Waals surface area contributed by atoms with E-state index in [1.807, 2.05) is 0 Å². The van der Waals surface area contributed by atoms with Gasteiger partial charge in [-0.15, -0.1) is 0 Å². The summed E-state index contributed by atoms with van der Waals surface area (Å²) in [6.07, 6.45) is 0.386. The van der Waals surface area contributed by atoms with Gasteiger partial charge >= 0.3 is 11.9 Å². The van der Waals surface area contributed by atoms with Gasteiger partial charge in [0, 0.05) is 17.8 Å². The molecule has 9 heteroatoms. The molecule has 2 heterocycles. The Morgan fingerprint density at radius 2 is 1.77 bits per heavy atom. The van der Waals surface area contributed by atoms with E-state index < -0.39 is 34.2 Å². The summed E-state index contributed by atoms with van der Waals surface area (Å²) >= 11 is 0. The van der Waals surface area contributed by atoms with Crippen LogP contribution in [0.5, 0.6) is 0 Å². The Hall–Kier alpha value is -2.16. The van der Waals surface area contributed by atoms with Crippen LogP contribution in [0.25, 0.3) is 0 Å². The Morgan fingerprint density at radius 1 is 1.12 bits per heavy atom. The fourth-order valence-corrected chi connectivity index (χ4v) is 5.00. The second kappa shape index (κ2) is 8.03. The van der Waals surface area contributed by atoms with Crippen LogP contribution in [0.4, 0.5) is 0 Å². The molecule has 0 bridgehead atoms. The Bertz CT molecular complexity index is 822. The lowest BCUT2D eigenvalue weighted by Gasteiger charge is -2.09. The minimum absolute atomic E-state index is 0.0286. The third kappa shape index (κ3) is 4.72. The Balaban J connectivity index is 2.00. The molecule has 2 rings (SSSR count). The number of carbonyl (C=O) groups excluding carboxylic acids is 3. The van der Waals surface area contributed by atoms with E-state index in [-0.39, 0.29) is 41.6 Å². The second-order valence-electron chi connectivity index (χ2n) is 6.40. The smallest absolute Gasteiger partial charge is 0.340 e. The van der Waals surface area contributed by atoms with Gasteiger partial charge in [0.05, 0.1) is 29.2 Å². The van der Waals surface area contributed by atoms with Crippen LogP contribution in [0.2, 0.25) is 0 Å². The number of esters is 2. The molecule has 0 radical (unpaired) electrons. The van der Waals surface area contributed by atoms with E-state index in [2.05, 4.69) is 4.98 Å². The lowest BCUT2D eigenvalue weighted by molar-refractivity contribution is -0.143. The van der Waals surface area contributed by atoms with Crippen LogP contribution >= 0.6 is 0 Å². The third-order valence-electron chi connectivity index (χ3n) is 4.28. The van der Waals surface area contributed by atoms with E-state index in [9.17, 15) is 22.8 Å². The molecule has 8 nitrogen and oxygen atoms in total. The number of rotatable bonds is 7. The first kappa shape index (κ1) is 20.2. The SMILES string of the molecule is CCOC(=O)c1c(C)[nH]c(C)c1C(=O)COC(=O)C[C@H]1CCS(=O)(=O)C1. The number of aromatic amines is 1. The summed E-state index contributed by atoms with van der Waals surface area (Å²) < 4.78 is 32.8. The number of hydrogen-bond acceptors (Lipinski definition) is 7.